The first-order valence-electron chi connectivity index (χ1n) is 6.68. The van der Waals surface area contributed by atoms with Gasteiger partial charge in [0.25, 0.3) is 5.91 Å². The summed E-state index contributed by atoms with van der Waals surface area (Å²) in [7, 11) is 1.76. The van der Waals surface area contributed by atoms with Crippen LogP contribution in [0.5, 0.6) is 0 Å². The second-order valence-electron chi connectivity index (χ2n) is 5.90. The molecule has 20 heavy (non-hydrogen) atoms. The molecule has 0 unspecified atom stereocenters. The number of anilines is 1. The molecule has 0 saturated carbocycles. The third-order valence-corrected chi connectivity index (χ3v) is 3.34. The second kappa shape index (κ2) is 5.45. The second-order valence-corrected chi connectivity index (χ2v) is 5.90. The molecule has 104 valence electrons. The Morgan fingerprint density at radius 1 is 1.10 bits per heavy atom. The molecule has 0 aliphatic heterocycles. The van der Waals surface area contributed by atoms with Crippen LogP contribution in [0.4, 0.5) is 5.69 Å². The molecule has 1 heterocycles. The van der Waals surface area contributed by atoms with Gasteiger partial charge in [0.05, 0.1) is 11.9 Å². The average Bonchev–Trinajstić information content (AvgIpc) is 2.46. The van der Waals surface area contributed by atoms with Gasteiger partial charge in [-0.25, -0.2) is 0 Å². The third-order valence-electron chi connectivity index (χ3n) is 3.34. The van der Waals surface area contributed by atoms with Crippen molar-refractivity contribution in [3.8, 4) is 0 Å². The number of rotatable bonds is 2. The third kappa shape index (κ3) is 3.05. The maximum absolute atomic E-state index is 12.4. The molecule has 0 atom stereocenters. The van der Waals surface area contributed by atoms with E-state index in [-0.39, 0.29) is 11.3 Å². The summed E-state index contributed by atoms with van der Waals surface area (Å²) < 4.78 is 0. The summed E-state index contributed by atoms with van der Waals surface area (Å²) in [4.78, 5) is 18.0. The normalized spacial score (nSPS) is 11.2. The Balaban J connectivity index is 2.22. The van der Waals surface area contributed by atoms with Gasteiger partial charge in [-0.3, -0.25) is 9.78 Å². The molecule has 0 fully saturated rings. The van der Waals surface area contributed by atoms with Gasteiger partial charge < -0.3 is 4.90 Å². The van der Waals surface area contributed by atoms with Crippen LogP contribution in [0.25, 0.3) is 0 Å². The van der Waals surface area contributed by atoms with Crippen molar-refractivity contribution in [3.63, 3.8) is 0 Å². The monoisotopic (exact) mass is 268 g/mol. The smallest absolute Gasteiger partial charge is 0.258 e. The van der Waals surface area contributed by atoms with E-state index in [1.807, 2.05) is 36.4 Å². The van der Waals surface area contributed by atoms with Crippen molar-refractivity contribution >= 4 is 11.6 Å². The lowest BCUT2D eigenvalue weighted by atomic mass is 9.86. The summed E-state index contributed by atoms with van der Waals surface area (Å²) in [6.07, 6.45) is 3.38. The lowest BCUT2D eigenvalue weighted by Gasteiger charge is -2.20. The SMILES string of the molecule is CN(C(=O)c1ccc(C(C)(C)C)cc1)c1cccnc1. The van der Waals surface area contributed by atoms with E-state index in [1.165, 1.54) is 5.56 Å². The molecule has 0 aliphatic rings. The van der Waals surface area contributed by atoms with Gasteiger partial charge in [0.1, 0.15) is 0 Å². The van der Waals surface area contributed by atoms with E-state index in [0.717, 1.165) is 5.69 Å². The number of benzene rings is 1. The van der Waals surface area contributed by atoms with Gasteiger partial charge >= 0.3 is 0 Å². The summed E-state index contributed by atoms with van der Waals surface area (Å²) in [6, 6.07) is 11.5. The van der Waals surface area contributed by atoms with Crippen LogP contribution < -0.4 is 4.90 Å². The van der Waals surface area contributed by atoms with E-state index < -0.39 is 0 Å². The Bertz CT molecular complexity index is 583. The zero-order valence-electron chi connectivity index (χ0n) is 12.4. The van der Waals surface area contributed by atoms with Crippen molar-refractivity contribution in [1.29, 1.82) is 0 Å². The summed E-state index contributed by atoms with van der Waals surface area (Å²) in [5, 5.41) is 0. The fourth-order valence-electron chi connectivity index (χ4n) is 1.98. The predicted octanol–water partition coefficient (Wildman–Crippen LogP) is 3.66. The number of hydrogen-bond acceptors (Lipinski definition) is 2. The number of nitrogens with zero attached hydrogens (tertiary/aromatic N) is 2. The number of hydrogen-bond donors (Lipinski definition) is 0. The molecular weight excluding hydrogens is 248 g/mol. The van der Waals surface area contributed by atoms with Crippen LogP contribution in [0.1, 0.15) is 36.7 Å². The van der Waals surface area contributed by atoms with Crippen molar-refractivity contribution in [3.05, 3.63) is 59.9 Å². The van der Waals surface area contributed by atoms with Crippen LogP contribution >= 0.6 is 0 Å². The van der Waals surface area contributed by atoms with Gasteiger partial charge in [0, 0.05) is 18.8 Å². The van der Waals surface area contributed by atoms with Gasteiger partial charge in [0.2, 0.25) is 0 Å². The first-order chi connectivity index (χ1) is 9.39. The molecule has 3 heteroatoms. The molecular formula is C17H20N2O. The zero-order valence-corrected chi connectivity index (χ0v) is 12.4. The molecule has 1 amide bonds. The highest BCUT2D eigenvalue weighted by atomic mass is 16.2. The number of carbonyl (C=O) groups excluding carboxylic acids is 1. The average molecular weight is 268 g/mol. The molecule has 3 nitrogen and oxygen atoms in total. The van der Waals surface area contributed by atoms with E-state index in [4.69, 9.17) is 0 Å². The van der Waals surface area contributed by atoms with E-state index in [0.29, 0.717) is 5.56 Å². The molecule has 0 radical (unpaired) electrons. The Labute approximate surface area is 120 Å². The van der Waals surface area contributed by atoms with Gasteiger partial charge in [-0.1, -0.05) is 32.9 Å². The molecule has 0 saturated heterocycles. The van der Waals surface area contributed by atoms with Crippen molar-refractivity contribution in [2.75, 3.05) is 11.9 Å². The van der Waals surface area contributed by atoms with E-state index in [9.17, 15) is 4.79 Å². The van der Waals surface area contributed by atoms with Gasteiger partial charge in [0.15, 0.2) is 0 Å². The molecule has 2 rings (SSSR count). The fraction of sp³-hybridized carbons (Fsp3) is 0.294. The van der Waals surface area contributed by atoms with Crippen molar-refractivity contribution in [1.82, 2.24) is 4.98 Å². The fourth-order valence-corrected chi connectivity index (χ4v) is 1.98. The summed E-state index contributed by atoms with van der Waals surface area (Å²) in [6.45, 7) is 6.47. The highest BCUT2D eigenvalue weighted by Gasteiger charge is 2.16. The summed E-state index contributed by atoms with van der Waals surface area (Å²) in [5.41, 5.74) is 2.79. The lowest BCUT2D eigenvalue weighted by Crippen LogP contribution is -2.26. The Morgan fingerprint density at radius 3 is 2.25 bits per heavy atom. The molecule has 1 aromatic heterocycles. The van der Waals surface area contributed by atoms with E-state index in [1.54, 1.807) is 24.3 Å². The maximum Gasteiger partial charge on any atom is 0.258 e. The first kappa shape index (κ1) is 14.3. The predicted molar refractivity (Wildman–Crippen MR) is 82.1 cm³/mol. The van der Waals surface area contributed by atoms with Crippen molar-refractivity contribution in [2.45, 2.75) is 26.2 Å². The molecule has 0 aliphatic carbocycles. The highest BCUT2D eigenvalue weighted by Crippen LogP contribution is 2.23. The van der Waals surface area contributed by atoms with E-state index in [2.05, 4.69) is 25.8 Å². The zero-order chi connectivity index (χ0) is 14.8. The summed E-state index contributed by atoms with van der Waals surface area (Å²) >= 11 is 0. The minimum absolute atomic E-state index is 0.0292. The minimum atomic E-state index is -0.0292. The van der Waals surface area contributed by atoms with Crippen molar-refractivity contribution in [2.24, 2.45) is 0 Å². The minimum Gasteiger partial charge on any atom is -0.310 e. The number of aromatic nitrogens is 1. The maximum atomic E-state index is 12.4. The number of pyridine rings is 1. The summed E-state index contributed by atoms with van der Waals surface area (Å²) in [5.74, 6) is -0.0292. The number of amides is 1. The largest absolute Gasteiger partial charge is 0.310 e. The molecule has 1 aromatic carbocycles. The van der Waals surface area contributed by atoms with Crippen LogP contribution in [-0.4, -0.2) is 17.9 Å². The van der Waals surface area contributed by atoms with E-state index >= 15 is 0 Å². The quantitative estimate of drug-likeness (QED) is 0.833. The molecule has 2 aromatic rings. The van der Waals surface area contributed by atoms with Crippen LogP contribution in [0, 0.1) is 0 Å². The lowest BCUT2D eigenvalue weighted by molar-refractivity contribution is 0.0993. The van der Waals surface area contributed by atoms with Crippen LogP contribution in [0.15, 0.2) is 48.8 Å². The number of carbonyl (C=O) groups is 1. The van der Waals surface area contributed by atoms with Crippen molar-refractivity contribution < 1.29 is 4.79 Å². The van der Waals surface area contributed by atoms with Crippen LogP contribution in [0.2, 0.25) is 0 Å². The van der Waals surface area contributed by atoms with Crippen LogP contribution in [0.3, 0.4) is 0 Å². The molecule has 0 N–H and O–H groups in total. The molecule has 0 bridgehead atoms. The first-order valence-corrected chi connectivity index (χ1v) is 6.68. The Kier molecular flexibility index (Phi) is 3.89. The van der Waals surface area contributed by atoms with Gasteiger partial charge in [-0.15, -0.1) is 0 Å². The Hall–Kier alpha value is -2.16. The standard InChI is InChI=1S/C17H20N2O/c1-17(2,3)14-9-7-13(8-10-14)16(20)19(4)15-6-5-11-18-12-15/h5-12H,1-4H3. The Morgan fingerprint density at radius 2 is 1.75 bits per heavy atom. The highest BCUT2D eigenvalue weighted by molar-refractivity contribution is 6.05. The van der Waals surface area contributed by atoms with Gasteiger partial charge in [-0.2, -0.15) is 0 Å². The topological polar surface area (TPSA) is 33.2 Å². The van der Waals surface area contributed by atoms with Crippen LogP contribution in [-0.2, 0) is 5.41 Å². The van der Waals surface area contributed by atoms with Gasteiger partial charge in [-0.05, 0) is 35.2 Å². The molecule has 0 spiro atoms.